The number of aromatic nitrogens is 2. The van der Waals surface area contributed by atoms with E-state index < -0.39 is 0 Å². The number of nitrogens with one attached hydrogen (secondary N) is 1. The summed E-state index contributed by atoms with van der Waals surface area (Å²) in [6, 6.07) is 32.2. The van der Waals surface area contributed by atoms with Crippen molar-refractivity contribution < 1.29 is 9.53 Å². The first kappa shape index (κ1) is 22.4. The highest BCUT2D eigenvalue weighted by atomic mass is 16.5. The SMILES string of the molecule is CCn1c(-c2ccccc2)nc(-c2ccc3ccccc3c2)c1C(=O)NCc1cccc(OC)c1. The Morgan fingerprint density at radius 1 is 0.857 bits per heavy atom. The van der Waals surface area contributed by atoms with Crippen molar-refractivity contribution in [3.05, 3.63) is 108 Å². The van der Waals surface area contributed by atoms with Gasteiger partial charge in [0.05, 0.1) is 7.11 Å². The molecule has 0 radical (unpaired) electrons. The lowest BCUT2D eigenvalue weighted by Crippen LogP contribution is -2.26. The summed E-state index contributed by atoms with van der Waals surface area (Å²) in [6.07, 6.45) is 0. The van der Waals surface area contributed by atoms with Crippen molar-refractivity contribution in [1.29, 1.82) is 0 Å². The minimum absolute atomic E-state index is 0.160. The molecule has 4 aromatic carbocycles. The van der Waals surface area contributed by atoms with Crippen LogP contribution in [0.4, 0.5) is 0 Å². The molecule has 0 aliphatic rings. The molecule has 35 heavy (non-hydrogen) atoms. The van der Waals surface area contributed by atoms with Gasteiger partial charge in [-0.2, -0.15) is 0 Å². The molecule has 5 heteroatoms. The molecule has 1 aromatic heterocycles. The molecule has 0 bridgehead atoms. The van der Waals surface area contributed by atoms with Crippen LogP contribution in [0.2, 0.25) is 0 Å². The van der Waals surface area contributed by atoms with Gasteiger partial charge in [-0.25, -0.2) is 4.98 Å². The number of rotatable bonds is 7. The highest BCUT2D eigenvalue weighted by Crippen LogP contribution is 2.31. The molecule has 0 saturated heterocycles. The summed E-state index contributed by atoms with van der Waals surface area (Å²) >= 11 is 0. The molecule has 0 atom stereocenters. The summed E-state index contributed by atoms with van der Waals surface area (Å²) in [6.45, 7) is 3.05. The van der Waals surface area contributed by atoms with Crippen LogP contribution in [0.1, 0.15) is 23.0 Å². The van der Waals surface area contributed by atoms with Crippen molar-refractivity contribution >= 4 is 16.7 Å². The molecular weight excluding hydrogens is 434 g/mol. The largest absolute Gasteiger partial charge is 0.497 e. The molecule has 5 aromatic rings. The molecule has 174 valence electrons. The van der Waals surface area contributed by atoms with Crippen molar-refractivity contribution in [3.8, 4) is 28.4 Å². The lowest BCUT2D eigenvalue weighted by molar-refractivity contribution is 0.0942. The van der Waals surface area contributed by atoms with Crippen LogP contribution in [-0.2, 0) is 13.1 Å². The van der Waals surface area contributed by atoms with Gasteiger partial charge < -0.3 is 14.6 Å². The smallest absolute Gasteiger partial charge is 0.270 e. The number of carbonyl (C=O) groups excluding carboxylic acids is 1. The fourth-order valence-corrected chi connectivity index (χ4v) is 4.38. The maximum atomic E-state index is 13.7. The Labute approximate surface area is 205 Å². The van der Waals surface area contributed by atoms with Crippen LogP contribution in [0.5, 0.6) is 5.75 Å². The third-order valence-electron chi connectivity index (χ3n) is 6.14. The Hall–Kier alpha value is -4.38. The highest BCUT2D eigenvalue weighted by molar-refractivity contribution is 6.00. The van der Waals surface area contributed by atoms with Crippen molar-refractivity contribution in [2.75, 3.05) is 7.11 Å². The predicted molar refractivity (Wildman–Crippen MR) is 140 cm³/mol. The molecule has 0 fully saturated rings. The van der Waals surface area contributed by atoms with Gasteiger partial charge in [0.15, 0.2) is 0 Å². The summed E-state index contributed by atoms with van der Waals surface area (Å²) in [7, 11) is 1.64. The van der Waals surface area contributed by atoms with Gasteiger partial charge in [0.1, 0.15) is 23.0 Å². The molecule has 0 unspecified atom stereocenters. The maximum absolute atomic E-state index is 13.7. The Bertz CT molecular complexity index is 1490. The molecule has 5 nitrogen and oxygen atoms in total. The Balaban J connectivity index is 1.59. The average Bonchev–Trinajstić information content (AvgIpc) is 3.32. The van der Waals surface area contributed by atoms with Gasteiger partial charge in [-0.1, -0.05) is 78.9 Å². The molecule has 5 rings (SSSR count). The van der Waals surface area contributed by atoms with E-state index in [0.717, 1.165) is 39.0 Å². The number of hydrogen-bond donors (Lipinski definition) is 1. The molecular formula is C30H27N3O2. The topological polar surface area (TPSA) is 56.2 Å². The van der Waals surface area contributed by atoms with E-state index in [4.69, 9.17) is 9.72 Å². The molecule has 1 amide bonds. The second kappa shape index (κ2) is 9.85. The van der Waals surface area contributed by atoms with E-state index in [-0.39, 0.29) is 5.91 Å². The van der Waals surface area contributed by atoms with Gasteiger partial charge in [-0.15, -0.1) is 0 Å². The molecule has 0 saturated carbocycles. The number of ether oxygens (including phenoxy) is 1. The summed E-state index contributed by atoms with van der Waals surface area (Å²) < 4.78 is 7.32. The molecule has 0 spiro atoms. The van der Waals surface area contributed by atoms with E-state index in [1.54, 1.807) is 7.11 Å². The first-order valence-electron chi connectivity index (χ1n) is 11.7. The van der Waals surface area contributed by atoms with Crippen LogP contribution >= 0.6 is 0 Å². The fourth-order valence-electron chi connectivity index (χ4n) is 4.38. The molecule has 1 heterocycles. The number of benzene rings is 4. The lowest BCUT2D eigenvalue weighted by atomic mass is 10.0. The Kier molecular flexibility index (Phi) is 6.31. The average molecular weight is 462 g/mol. The number of carbonyl (C=O) groups is 1. The van der Waals surface area contributed by atoms with Crippen LogP contribution in [0.25, 0.3) is 33.4 Å². The van der Waals surface area contributed by atoms with E-state index in [1.807, 2.05) is 84.3 Å². The van der Waals surface area contributed by atoms with E-state index in [0.29, 0.717) is 24.5 Å². The van der Waals surface area contributed by atoms with Crippen LogP contribution in [0, 0.1) is 0 Å². The van der Waals surface area contributed by atoms with Gasteiger partial charge in [-0.3, -0.25) is 4.79 Å². The van der Waals surface area contributed by atoms with E-state index in [9.17, 15) is 4.79 Å². The minimum Gasteiger partial charge on any atom is -0.497 e. The zero-order valence-electron chi connectivity index (χ0n) is 19.9. The van der Waals surface area contributed by atoms with Gasteiger partial charge in [0.25, 0.3) is 5.91 Å². The van der Waals surface area contributed by atoms with E-state index in [1.165, 1.54) is 0 Å². The van der Waals surface area contributed by atoms with Gasteiger partial charge in [0, 0.05) is 24.2 Å². The number of hydrogen-bond acceptors (Lipinski definition) is 3. The van der Waals surface area contributed by atoms with Crippen LogP contribution in [0.15, 0.2) is 97.1 Å². The maximum Gasteiger partial charge on any atom is 0.270 e. The summed E-state index contributed by atoms with van der Waals surface area (Å²) in [5, 5.41) is 5.36. The van der Waals surface area contributed by atoms with Crippen LogP contribution in [0.3, 0.4) is 0 Å². The third-order valence-corrected chi connectivity index (χ3v) is 6.14. The predicted octanol–water partition coefficient (Wildman–Crippen LogP) is 6.33. The number of imidazole rings is 1. The quantitative estimate of drug-likeness (QED) is 0.308. The normalized spacial score (nSPS) is 10.9. The van der Waals surface area contributed by atoms with Crippen molar-refractivity contribution in [1.82, 2.24) is 14.9 Å². The lowest BCUT2D eigenvalue weighted by Gasteiger charge is -2.12. The zero-order chi connectivity index (χ0) is 24.2. The monoisotopic (exact) mass is 461 g/mol. The van der Waals surface area contributed by atoms with E-state index in [2.05, 4.69) is 29.6 Å². The van der Waals surface area contributed by atoms with Gasteiger partial charge in [0.2, 0.25) is 0 Å². The number of methoxy groups -OCH3 is 1. The second-order valence-electron chi connectivity index (χ2n) is 8.34. The summed E-state index contributed by atoms with van der Waals surface area (Å²) in [5.41, 5.74) is 4.10. The summed E-state index contributed by atoms with van der Waals surface area (Å²) in [5.74, 6) is 1.38. The van der Waals surface area contributed by atoms with E-state index >= 15 is 0 Å². The van der Waals surface area contributed by atoms with Crippen molar-refractivity contribution in [2.45, 2.75) is 20.0 Å². The second-order valence-corrected chi connectivity index (χ2v) is 8.34. The van der Waals surface area contributed by atoms with Crippen molar-refractivity contribution in [3.63, 3.8) is 0 Å². The standard InChI is InChI=1S/C30H27N3O2/c1-3-33-28(30(34)31-20-21-10-9-15-26(18-21)35-2)27(32-29(33)23-12-5-4-6-13-23)25-17-16-22-11-7-8-14-24(22)19-25/h4-19H,3,20H2,1-2H3,(H,31,34). The highest BCUT2D eigenvalue weighted by Gasteiger charge is 2.24. The fraction of sp³-hybridized carbons (Fsp3) is 0.133. The molecule has 1 N–H and O–H groups in total. The minimum atomic E-state index is -0.160. The summed E-state index contributed by atoms with van der Waals surface area (Å²) in [4.78, 5) is 18.7. The first-order chi connectivity index (χ1) is 17.2. The Morgan fingerprint density at radius 2 is 1.63 bits per heavy atom. The number of fused-ring (bicyclic) bond motifs is 1. The number of amides is 1. The van der Waals surface area contributed by atoms with Crippen LogP contribution in [-0.4, -0.2) is 22.6 Å². The van der Waals surface area contributed by atoms with Crippen molar-refractivity contribution in [2.24, 2.45) is 0 Å². The zero-order valence-corrected chi connectivity index (χ0v) is 19.9. The third kappa shape index (κ3) is 4.53. The van der Waals surface area contributed by atoms with Crippen LogP contribution < -0.4 is 10.1 Å². The first-order valence-corrected chi connectivity index (χ1v) is 11.7. The van der Waals surface area contributed by atoms with Gasteiger partial charge >= 0.3 is 0 Å². The molecule has 0 aliphatic carbocycles. The van der Waals surface area contributed by atoms with Gasteiger partial charge in [-0.05, 0) is 41.5 Å². The molecule has 0 aliphatic heterocycles. The Morgan fingerprint density at radius 3 is 2.40 bits per heavy atom. The number of nitrogens with zero attached hydrogens (tertiary/aromatic N) is 2.